The lowest BCUT2D eigenvalue weighted by Gasteiger charge is -2.29. The fraction of sp³-hybridized carbons (Fsp3) is 0.300. The lowest BCUT2D eigenvalue weighted by atomic mass is 10.0. The fourth-order valence-electron chi connectivity index (χ4n) is 1.87. The van der Waals surface area contributed by atoms with E-state index in [0.29, 0.717) is 19.8 Å². The molecule has 0 aliphatic carbocycles. The Labute approximate surface area is 93.1 Å². The summed E-state index contributed by atoms with van der Waals surface area (Å²) in [6, 6.07) is 7.57. The molecule has 0 unspecified atom stereocenters. The van der Waals surface area contributed by atoms with E-state index in [4.69, 9.17) is 14.0 Å². The summed E-state index contributed by atoms with van der Waals surface area (Å²) in [5.74, 6) is 0. The van der Waals surface area contributed by atoms with Crippen LogP contribution in [-0.4, -0.2) is 26.6 Å². The van der Waals surface area contributed by atoms with E-state index in [9.17, 15) is 4.79 Å². The van der Waals surface area contributed by atoms with Crippen molar-refractivity contribution in [3.8, 4) is 0 Å². The van der Waals surface area contributed by atoms with E-state index in [-0.39, 0.29) is 0 Å². The van der Waals surface area contributed by atoms with Crippen LogP contribution in [0.4, 0.5) is 10.5 Å². The van der Waals surface area contributed by atoms with Crippen LogP contribution in [0.5, 0.6) is 0 Å². The minimum absolute atomic E-state index is 0.304. The second-order valence-electron chi connectivity index (χ2n) is 3.60. The van der Waals surface area contributed by atoms with E-state index in [0.717, 1.165) is 11.3 Å². The molecule has 0 radical (unpaired) electrons. The smallest absolute Gasteiger partial charge is 0.445 e. The molecule has 0 bridgehead atoms. The number of anilines is 1. The van der Waals surface area contributed by atoms with Crippen molar-refractivity contribution in [2.45, 2.75) is 6.61 Å². The maximum Gasteiger partial charge on any atom is 0.603 e. The summed E-state index contributed by atoms with van der Waals surface area (Å²) in [6.07, 6.45) is -0.425. The first-order chi connectivity index (χ1) is 7.86. The topological polar surface area (TPSA) is 48.0 Å². The summed E-state index contributed by atoms with van der Waals surface area (Å²) in [7, 11) is -0.658. The Morgan fingerprint density at radius 2 is 1.94 bits per heavy atom. The molecule has 0 atom stereocenters. The van der Waals surface area contributed by atoms with Crippen LogP contribution in [0.1, 0.15) is 5.56 Å². The van der Waals surface area contributed by atoms with E-state index in [2.05, 4.69) is 0 Å². The second-order valence-corrected chi connectivity index (χ2v) is 3.60. The molecular weight excluding hydrogens is 209 g/mol. The van der Waals surface area contributed by atoms with Gasteiger partial charge >= 0.3 is 13.3 Å². The van der Waals surface area contributed by atoms with Crippen LogP contribution >= 0.6 is 0 Å². The number of para-hydroxylation sites is 1. The van der Waals surface area contributed by atoms with Gasteiger partial charge in [0.15, 0.2) is 0 Å². The van der Waals surface area contributed by atoms with E-state index in [1.807, 2.05) is 24.3 Å². The minimum Gasteiger partial charge on any atom is -0.445 e. The number of amides is 1. The lowest BCUT2D eigenvalue weighted by Crippen LogP contribution is -2.48. The van der Waals surface area contributed by atoms with Crippen LogP contribution in [0.15, 0.2) is 24.3 Å². The number of fused-ring (bicyclic) bond motifs is 1. The molecule has 1 saturated heterocycles. The molecule has 3 rings (SSSR count). The van der Waals surface area contributed by atoms with Crippen LogP contribution in [0.3, 0.4) is 0 Å². The van der Waals surface area contributed by atoms with Crippen molar-refractivity contribution in [1.29, 1.82) is 0 Å². The van der Waals surface area contributed by atoms with Gasteiger partial charge in [-0.15, -0.1) is 0 Å². The number of hydrogen-bond donors (Lipinski definition) is 0. The highest BCUT2D eigenvalue weighted by molar-refractivity contribution is 6.56. The summed E-state index contributed by atoms with van der Waals surface area (Å²) < 4.78 is 15.7. The highest BCUT2D eigenvalue weighted by Crippen LogP contribution is 2.28. The van der Waals surface area contributed by atoms with Gasteiger partial charge in [0.2, 0.25) is 0 Å². The fourth-order valence-corrected chi connectivity index (χ4v) is 1.87. The zero-order valence-electron chi connectivity index (χ0n) is 8.59. The van der Waals surface area contributed by atoms with Crippen molar-refractivity contribution in [1.82, 2.24) is 0 Å². The van der Waals surface area contributed by atoms with Crippen molar-refractivity contribution in [2.24, 2.45) is 0 Å². The third kappa shape index (κ3) is 1.47. The molecule has 82 valence electrons. The zero-order chi connectivity index (χ0) is 11.0. The third-order valence-electron chi connectivity index (χ3n) is 2.61. The van der Waals surface area contributed by atoms with Gasteiger partial charge in [-0.3, -0.25) is 4.81 Å². The molecule has 2 aliphatic heterocycles. The molecule has 2 heterocycles. The Balaban J connectivity index is 1.99. The number of rotatable bonds is 1. The number of benzene rings is 1. The second kappa shape index (κ2) is 3.81. The quantitative estimate of drug-likeness (QED) is 0.665. The average Bonchev–Trinajstić information content (AvgIpc) is 2.82. The van der Waals surface area contributed by atoms with Crippen molar-refractivity contribution < 1.29 is 18.8 Å². The molecule has 1 aromatic carbocycles. The van der Waals surface area contributed by atoms with Gasteiger partial charge in [0, 0.05) is 11.3 Å². The van der Waals surface area contributed by atoms with E-state index in [1.165, 1.54) is 4.81 Å². The summed E-state index contributed by atoms with van der Waals surface area (Å²) >= 11 is 0. The van der Waals surface area contributed by atoms with Crippen molar-refractivity contribution >= 4 is 19.0 Å². The van der Waals surface area contributed by atoms with E-state index < -0.39 is 13.3 Å². The van der Waals surface area contributed by atoms with Gasteiger partial charge in [-0.25, -0.2) is 4.79 Å². The number of hydrogen-bond acceptors (Lipinski definition) is 4. The van der Waals surface area contributed by atoms with Crippen LogP contribution < -0.4 is 4.81 Å². The first kappa shape index (κ1) is 9.68. The Hall–Kier alpha value is -1.53. The summed E-state index contributed by atoms with van der Waals surface area (Å²) in [6.45, 7) is 1.30. The lowest BCUT2D eigenvalue weighted by molar-refractivity contribution is 0.143. The number of ether oxygens (including phenoxy) is 1. The van der Waals surface area contributed by atoms with Crippen molar-refractivity contribution in [3.63, 3.8) is 0 Å². The van der Waals surface area contributed by atoms with Crippen LogP contribution in [0.25, 0.3) is 0 Å². The number of carbonyl (C=O) groups is 1. The molecule has 6 heteroatoms. The molecule has 1 fully saturated rings. The highest BCUT2D eigenvalue weighted by Gasteiger charge is 2.41. The Kier molecular flexibility index (Phi) is 2.30. The Morgan fingerprint density at radius 3 is 2.75 bits per heavy atom. The predicted octanol–water partition coefficient (Wildman–Crippen LogP) is 1.17. The maximum atomic E-state index is 11.7. The first-order valence-corrected chi connectivity index (χ1v) is 5.13. The van der Waals surface area contributed by atoms with Crippen molar-refractivity contribution in [3.05, 3.63) is 29.8 Å². The van der Waals surface area contributed by atoms with E-state index in [1.54, 1.807) is 0 Å². The normalized spacial score (nSPS) is 19.6. The molecule has 0 aromatic heterocycles. The van der Waals surface area contributed by atoms with Gasteiger partial charge in [-0.05, 0) is 6.07 Å². The van der Waals surface area contributed by atoms with Gasteiger partial charge in [0.1, 0.15) is 6.61 Å². The van der Waals surface area contributed by atoms with Crippen LogP contribution in [-0.2, 0) is 20.7 Å². The highest BCUT2D eigenvalue weighted by atomic mass is 16.7. The first-order valence-electron chi connectivity index (χ1n) is 5.13. The van der Waals surface area contributed by atoms with Gasteiger partial charge in [-0.2, -0.15) is 0 Å². The van der Waals surface area contributed by atoms with E-state index >= 15 is 0 Å². The molecule has 0 N–H and O–H groups in total. The Bertz CT molecular complexity index is 419. The van der Waals surface area contributed by atoms with Gasteiger partial charge in [0.05, 0.1) is 13.2 Å². The van der Waals surface area contributed by atoms with Crippen LogP contribution in [0, 0.1) is 0 Å². The zero-order valence-corrected chi connectivity index (χ0v) is 8.59. The monoisotopic (exact) mass is 219 g/mol. The molecule has 5 nitrogen and oxygen atoms in total. The Morgan fingerprint density at radius 1 is 1.19 bits per heavy atom. The summed E-state index contributed by atoms with van der Waals surface area (Å²) in [5.41, 5.74) is 1.76. The number of cyclic esters (lactones) is 1. The maximum absolute atomic E-state index is 11.7. The molecule has 2 aliphatic rings. The minimum atomic E-state index is -0.658. The van der Waals surface area contributed by atoms with Crippen molar-refractivity contribution in [2.75, 3.05) is 18.0 Å². The van der Waals surface area contributed by atoms with Gasteiger partial charge < -0.3 is 14.0 Å². The standard InChI is InChI=1S/C10H10BNO4/c13-10-12(11-15-5-6-16-11)9-4-2-1-3-8(9)7-14-10/h1-4H,5-7H2. The van der Waals surface area contributed by atoms with Crippen LogP contribution in [0.2, 0.25) is 0 Å². The number of carbonyl (C=O) groups excluding carboxylic acids is 1. The molecule has 0 saturated carbocycles. The summed E-state index contributed by atoms with van der Waals surface area (Å²) in [4.78, 5) is 13.1. The van der Waals surface area contributed by atoms with Gasteiger partial charge in [-0.1, -0.05) is 18.2 Å². The SMILES string of the molecule is O=C1OCc2ccccc2N1B1OCCO1. The summed E-state index contributed by atoms with van der Waals surface area (Å²) in [5, 5.41) is 0. The van der Waals surface area contributed by atoms with Gasteiger partial charge in [0.25, 0.3) is 0 Å². The third-order valence-corrected chi connectivity index (χ3v) is 2.61. The number of nitrogens with zero attached hydrogens (tertiary/aromatic N) is 1. The largest absolute Gasteiger partial charge is 0.603 e. The molecule has 1 amide bonds. The molecular formula is C10H10BNO4. The molecule has 0 spiro atoms. The molecule has 1 aromatic rings. The average molecular weight is 219 g/mol. The predicted molar refractivity (Wildman–Crippen MR) is 56.8 cm³/mol. The molecule has 16 heavy (non-hydrogen) atoms.